The molecular formula is C57H83NO9. The van der Waals surface area contributed by atoms with Crippen molar-refractivity contribution in [2.45, 2.75) is 223 Å². The standard InChI is InChI=1S/C57H83NO9/c1-2-3-4-5-6-7-8-15-29-40-48(64-51(60)41-30-16-11-9-13-21-32-45-34-23-18-24-35-45)43-50(59)58-53-55(54-49(65-56(53)62)44-63-57(67-54)47-38-27-20-28-39-47)66-52(61)42-31-17-12-10-14-22-33-46-36-25-19-26-37-46/h18-20,23-28,34-39,48-49,53-57,62H,2-17,21-22,29-33,40-44H2,1H3,(H,58,59)/t48-,49+,53+,54+,55+,56-,57?/m0/s1. The van der Waals surface area contributed by atoms with Gasteiger partial charge in [-0.1, -0.05) is 201 Å². The van der Waals surface area contributed by atoms with Gasteiger partial charge in [0.25, 0.3) is 0 Å². The SMILES string of the molecule is CCCCCCCCCCC[C@@H](CC(=O)N[C@@H]1[C@@H](OC(=O)CCCCCCCCc2ccccc2)[C@@H]2OC(c3ccccc3)OC[C@H]2O[C@@H]1O)OC(=O)CCCCCCCCc1ccccc1. The zero-order valence-corrected chi connectivity index (χ0v) is 40.7. The smallest absolute Gasteiger partial charge is 0.306 e. The number of carbonyl (C=O) groups is 3. The van der Waals surface area contributed by atoms with Crippen LogP contribution in [0.4, 0.5) is 0 Å². The van der Waals surface area contributed by atoms with Crippen LogP contribution in [-0.4, -0.2) is 66.3 Å². The number of carbonyl (C=O) groups excluding carboxylic acids is 3. The first kappa shape index (κ1) is 53.9. The lowest BCUT2D eigenvalue weighted by Crippen LogP contribution is -2.67. The van der Waals surface area contributed by atoms with Crippen LogP contribution in [0, 0.1) is 0 Å². The molecule has 2 N–H and O–H groups in total. The summed E-state index contributed by atoms with van der Waals surface area (Å²) in [7, 11) is 0. The van der Waals surface area contributed by atoms with E-state index in [1.165, 1.54) is 56.1 Å². The number of ether oxygens (including phenoxy) is 5. The van der Waals surface area contributed by atoms with Gasteiger partial charge in [-0.15, -0.1) is 0 Å². The highest BCUT2D eigenvalue weighted by Crippen LogP contribution is 2.35. The largest absolute Gasteiger partial charge is 0.462 e. The Morgan fingerprint density at radius 1 is 0.612 bits per heavy atom. The molecule has 2 aliphatic heterocycles. The van der Waals surface area contributed by atoms with E-state index in [-0.39, 0.29) is 25.4 Å². The van der Waals surface area contributed by atoms with Crippen LogP contribution in [0.2, 0.25) is 0 Å². The van der Waals surface area contributed by atoms with Gasteiger partial charge in [0.05, 0.1) is 13.0 Å². The van der Waals surface area contributed by atoms with Crippen molar-refractivity contribution in [2.24, 2.45) is 0 Å². The van der Waals surface area contributed by atoms with Crippen molar-refractivity contribution in [3.05, 3.63) is 108 Å². The molecule has 0 aromatic heterocycles. The number of esters is 2. The molecule has 1 unspecified atom stereocenters. The Hall–Kier alpha value is -4.09. The van der Waals surface area contributed by atoms with Gasteiger partial charge in [-0.3, -0.25) is 14.4 Å². The molecule has 0 bridgehead atoms. The summed E-state index contributed by atoms with van der Waals surface area (Å²) in [6.45, 7) is 2.33. The number of hydrogen-bond donors (Lipinski definition) is 2. The highest BCUT2D eigenvalue weighted by molar-refractivity contribution is 5.78. The second-order valence-corrected chi connectivity index (χ2v) is 18.9. The minimum absolute atomic E-state index is 0.0793. The molecule has 0 saturated carbocycles. The van der Waals surface area contributed by atoms with Gasteiger partial charge in [0, 0.05) is 18.4 Å². The first-order valence-corrected chi connectivity index (χ1v) is 26.3. The van der Waals surface area contributed by atoms with Crippen LogP contribution < -0.4 is 5.32 Å². The van der Waals surface area contributed by atoms with Gasteiger partial charge in [-0.05, 0) is 62.5 Å². The summed E-state index contributed by atoms with van der Waals surface area (Å²) in [5.74, 6) is -1.13. The molecule has 7 atom stereocenters. The Bertz CT molecular complexity index is 1760. The number of fused-ring (bicyclic) bond motifs is 1. The monoisotopic (exact) mass is 926 g/mol. The highest BCUT2D eigenvalue weighted by Gasteiger charge is 2.52. The average molecular weight is 926 g/mol. The van der Waals surface area contributed by atoms with E-state index < -0.39 is 54.9 Å². The molecule has 0 radical (unpaired) electrons. The lowest BCUT2D eigenvalue weighted by Gasteiger charge is -2.47. The fourth-order valence-corrected chi connectivity index (χ4v) is 9.35. The molecule has 2 heterocycles. The summed E-state index contributed by atoms with van der Waals surface area (Å²) in [6.07, 6.45) is 20.4. The van der Waals surface area contributed by atoms with Crippen LogP contribution in [0.3, 0.4) is 0 Å². The van der Waals surface area contributed by atoms with Crippen LogP contribution in [0.15, 0.2) is 91.0 Å². The van der Waals surface area contributed by atoms with Crippen LogP contribution in [0.25, 0.3) is 0 Å². The van der Waals surface area contributed by atoms with E-state index in [2.05, 4.69) is 60.8 Å². The van der Waals surface area contributed by atoms with Gasteiger partial charge in [-0.25, -0.2) is 0 Å². The molecule has 10 heteroatoms. The van der Waals surface area contributed by atoms with E-state index in [9.17, 15) is 19.5 Å². The molecule has 1 amide bonds. The molecule has 5 rings (SSSR count). The minimum Gasteiger partial charge on any atom is -0.462 e. The molecule has 3 aromatic carbocycles. The first-order chi connectivity index (χ1) is 32.9. The Morgan fingerprint density at radius 3 is 1.67 bits per heavy atom. The number of aryl methyl sites for hydroxylation is 2. The summed E-state index contributed by atoms with van der Waals surface area (Å²) in [4.78, 5) is 40.8. The van der Waals surface area contributed by atoms with E-state index in [1.54, 1.807) is 0 Å². The van der Waals surface area contributed by atoms with Crippen molar-refractivity contribution < 1.29 is 43.2 Å². The second kappa shape index (κ2) is 32.6. The maximum atomic E-state index is 14.0. The molecule has 10 nitrogen and oxygen atoms in total. The summed E-state index contributed by atoms with van der Waals surface area (Å²) < 4.78 is 30.6. The van der Waals surface area contributed by atoms with E-state index in [4.69, 9.17) is 23.7 Å². The van der Waals surface area contributed by atoms with Gasteiger partial charge in [0.2, 0.25) is 5.91 Å². The molecule has 0 aliphatic carbocycles. The molecular weight excluding hydrogens is 843 g/mol. The van der Waals surface area contributed by atoms with Crippen molar-refractivity contribution in [1.29, 1.82) is 0 Å². The Morgan fingerprint density at radius 2 is 1.10 bits per heavy atom. The lowest BCUT2D eigenvalue weighted by molar-refractivity contribution is -0.338. The van der Waals surface area contributed by atoms with Crippen molar-refractivity contribution in [2.75, 3.05) is 6.61 Å². The van der Waals surface area contributed by atoms with E-state index >= 15 is 0 Å². The maximum absolute atomic E-state index is 14.0. The maximum Gasteiger partial charge on any atom is 0.306 e. The number of benzene rings is 3. The van der Waals surface area contributed by atoms with E-state index in [0.717, 1.165) is 102 Å². The number of amides is 1. The zero-order valence-electron chi connectivity index (χ0n) is 40.7. The predicted molar refractivity (Wildman–Crippen MR) is 264 cm³/mol. The van der Waals surface area contributed by atoms with Crippen molar-refractivity contribution >= 4 is 17.8 Å². The predicted octanol–water partition coefficient (Wildman–Crippen LogP) is 12.4. The number of rotatable bonds is 34. The Labute approximate surface area is 402 Å². The normalized spacial score (nSPS) is 20.7. The van der Waals surface area contributed by atoms with Gasteiger partial charge in [0.1, 0.15) is 24.4 Å². The van der Waals surface area contributed by atoms with Crippen LogP contribution >= 0.6 is 0 Å². The number of unbranched alkanes of at least 4 members (excludes halogenated alkanes) is 18. The van der Waals surface area contributed by atoms with Crippen LogP contribution in [0.1, 0.15) is 190 Å². The van der Waals surface area contributed by atoms with Gasteiger partial charge in [0.15, 0.2) is 18.7 Å². The number of nitrogens with one attached hydrogen (secondary N) is 1. The Balaban J connectivity index is 1.13. The summed E-state index contributed by atoms with van der Waals surface area (Å²) in [5.41, 5.74) is 3.53. The number of hydrogen-bond acceptors (Lipinski definition) is 9. The molecule has 67 heavy (non-hydrogen) atoms. The minimum atomic E-state index is -1.49. The van der Waals surface area contributed by atoms with Crippen molar-refractivity contribution in [1.82, 2.24) is 5.32 Å². The van der Waals surface area contributed by atoms with Gasteiger partial charge < -0.3 is 34.1 Å². The second-order valence-electron chi connectivity index (χ2n) is 18.9. The van der Waals surface area contributed by atoms with E-state index in [0.29, 0.717) is 19.3 Å². The fraction of sp³-hybridized carbons (Fsp3) is 0.632. The van der Waals surface area contributed by atoms with Crippen molar-refractivity contribution in [3.8, 4) is 0 Å². The Kier molecular flexibility index (Phi) is 26.2. The molecule has 2 saturated heterocycles. The molecule has 2 aliphatic rings. The van der Waals surface area contributed by atoms with E-state index in [1.807, 2.05) is 42.5 Å². The number of aliphatic hydroxyl groups excluding tert-OH is 1. The van der Waals surface area contributed by atoms with Crippen LogP contribution in [0.5, 0.6) is 0 Å². The summed E-state index contributed by atoms with van der Waals surface area (Å²) >= 11 is 0. The molecule has 3 aromatic rings. The third-order valence-corrected chi connectivity index (χ3v) is 13.2. The molecule has 2 fully saturated rings. The zero-order chi connectivity index (χ0) is 47.2. The van der Waals surface area contributed by atoms with Gasteiger partial charge in [-0.2, -0.15) is 0 Å². The molecule has 0 spiro atoms. The topological polar surface area (TPSA) is 130 Å². The van der Waals surface area contributed by atoms with Crippen LogP contribution in [-0.2, 0) is 50.9 Å². The third kappa shape index (κ3) is 21.4. The third-order valence-electron chi connectivity index (χ3n) is 13.2. The molecule has 370 valence electrons. The number of aliphatic hydroxyl groups is 1. The first-order valence-electron chi connectivity index (χ1n) is 26.3. The fourth-order valence-electron chi connectivity index (χ4n) is 9.35. The quantitative estimate of drug-likeness (QED) is 0.0444. The summed E-state index contributed by atoms with van der Waals surface area (Å²) in [5, 5.41) is 14.3. The highest BCUT2D eigenvalue weighted by atomic mass is 16.7. The van der Waals surface area contributed by atoms with Crippen molar-refractivity contribution in [3.63, 3.8) is 0 Å². The summed E-state index contributed by atoms with van der Waals surface area (Å²) in [6, 6.07) is 29.5. The van der Waals surface area contributed by atoms with Gasteiger partial charge >= 0.3 is 11.9 Å². The lowest BCUT2D eigenvalue weighted by atomic mass is 9.95. The average Bonchev–Trinajstić information content (AvgIpc) is 3.34.